The number of rotatable bonds is 1. The molecule has 13 heavy (non-hydrogen) atoms. The first kappa shape index (κ1) is 8.94. The molecule has 2 heterocycles. The van der Waals surface area contributed by atoms with Gasteiger partial charge in [-0.15, -0.1) is 0 Å². The van der Waals surface area contributed by atoms with Crippen molar-refractivity contribution in [3.05, 3.63) is 29.0 Å². The lowest BCUT2D eigenvalue weighted by atomic mass is 10.1. The van der Waals surface area contributed by atoms with E-state index in [0.29, 0.717) is 5.02 Å². The zero-order valence-corrected chi connectivity index (χ0v) is 7.92. The Morgan fingerprint density at radius 2 is 2.46 bits per heavy atom. The molecule has 1 aromatic rings. The molecule has 0 aromatic carbocycles. The molecule has 2 rings (SSSR count). The molecule has 0 radical (unpaired) electrons. The van der Waals surface area contributed by atoms with E-state index in [4.69, 9.17) is 16.3 Å². The van der Waals surface area contributed by atoms with Gasteiger partial charge in [-0.05, 0) is 6.07 Å². The van der Waals surface area contributed by atoms with Crippen LogP contribution in [0.5, 0.6) is 0 Å². The lowest BCUT2D eigenvalue weighted by Gasteiger charge is -2.23. The van der Waals surface area contributed by atoms with Crippen LogP contribution in [0.4, 0.5) is 0 Å². The second-order valence-corrected chi connectivity index (χ2v) is 3.44. The number of nitrogens with one attached hydrogen (secondary N) is 1. The molecule has 0 bridgehead atoms. The Hall–Kier alpha value is -0.640. The summed E-state index contributed by atoms with van der Waals surface area (Å²) in [7, 11) is 0. The van der Waals surface area contributed by atoms with E-state index in [-0.39, 0.29) is 6.10 Å². The van der Waals surface area contributed by atoms with Gasteiger partial charge in [0.15, 0.2) is 0 Å². The first-order valence-corrected chi connectivity index (χ1v) is 4.67. The summed E-state index contributed by atoms with van der Waals surface area (Å²) in [4.78, 5) is 4.02. The van der Waals surface area contributed by atoms with Gasteiger partial charge in [-0.25, -0.2) is 0 Å². The van der Waals surface area contributed by atoms with Crippen LogP contribution in [-0.4, -0.2) is 24.7 Å². The monoisotopic (exact) mass is 198 g/mol. The Kier molecular flexibility index (Phi) is 2.78. The highest BCUT2D eigenvalue weighted by Gasteiger charge is 2.15. The number of nitrogens with zero attached hydrogens (tertiary/aromatic N) is 1. The summed E-state index contributed by atoms with van der Waals surface area (Å²) in [5.74, 6) is 0. The van der Waals surface area contributed by atoms with Crippen molar-refractivity contribution in [3.8, 4) is 0 Å². The molecule has 1 aliphatic rings. The van der Waals surface area contributed by atoms with E-state index in [1.165, 1.54) is 0 Å². The summed E-state index contributed by atoms with van der Waals surface area (Å²) in [6.07, 6.45) is 3.52. The molecule has 1 unspecified atom stereocenters. The molecular formula is C9H11ClN2O. The minimum atomic E-state index is 0.0972. The van der Waals surface area contributed by atoms with Crippen LogP contribution >= 0.6 is 11.6 Å². The summed E-state index contributed by atoms with van der Waals surface area (Å²) in [5, 5.41) is 3.92. The molecule has 1 atom stereocenters. The van der Waals surface area contributed by atoms with Crippen LogP contribution in [0.2, 0.25) is 5.02 Å². The first-order chi connectivity index (χ1) is 6.36. The third kappa shape index (κ3) is 2.18. The van der Waals surface area contributed by atoms with E-state index in [0.717, 1.165) is 25.3 Å². The van der Waals surface area contributed by atoms with Crippen molar-refractivity contribution in [1.29, 1.82) is 0 Å². The van der Waals surface area contributed by atoms with E-state index in [1.807, 2.05) is 6.07 Å². The van der Waals surface area contributed by atoms with E-state index in [2.05, 4.69) is 10.3 Å². The predicted molar refractivity (Wildman–Crippen MR) is 50.8 cm³/mol. The quantitative estimate of drug-likeness (QED) is 0.741. The third-order valence-corrected chi connectivity index (χ3v) is 2.23. The highest BCUT2D eigenvalue weighted by molar-refractivity contribution is 6.30. The maximum Gasteiger partial charge on any atom is 0.0965 e. The molecule has 1 N–H and O–H groups in total. The predicted octanol–water partition coefficient (Wildman–Crippen LogP) is 1.40. The standard InChI is InChI=1S/C9H11ClN2O/c10-8-3-7(4-12-5-8)9-6-11-1-2-13-9/h3-5,9,11H,1-2,6H2. The number of ether oxygens (including phenoxy) is 1. The lowest BCUT2D eigenvalue weighted by Crippen LogP contribution is -2.33. The number of aromatic nitrogens is 1. The van der Waals surface area contributed by atoms with Gasteiger partial charge in [0.25, 0.3) is 0 Å². The summed E-state index contributed by atoms with van der Waals surface area (Å²) < 4.78 is 5.56. The van der Waals surface area contributed by atoms with Crippen LogP contribution in [0, 0.1) is 0 Å². The lowest BCUT2D eigenvalue weighted by molar-refractivity contribution is 0.0275. The van der Waals surface area contributed by atoms with Gasteiger partial charge < -0.3 is 10.1 Å². The highest BCUT2D eigenvalue weighted by Crippen LogP contribution is 2.20. The maximum atomic E-state index is 5.83. The average Bonchev–Trinajstić information content (AvgIpc) is 2.19. The zero-order chi connectivity index (χ0) is 9.10. The van der Waals surface area contributed by atoms with Crippen molar-refractivity contribution in [1.82, 2.24) is 10.3 Å². The van der Waals surface area contributed by atoms with Crippen LogP contribution in [-0.2, 0) is 4.74 Å². The molecular weight excluding hydrogens is 188 g/mol. The molecule has 0 amide bonds. The molecule has 4 heteroatoms. The van der Waals surface area contributed by atoms with E-state index < -0.39 is 0 Å². The fourth-order valence-electron chi connectivity index (χ4n) is 1.38. The topological polar surface area (TPSA) is 34.2 Å². The average molecular weight is 199 g/mol. The Morgan fingerprint density at radius 3 is 3.15 bits per heavy atom. The molecule has 1 aliphatic heterocycles. The molecule has 1 saturated heterocycles. The van der Waals surface area contributed by atoms with Crippen LogP contribution in [0.3, 0.4) is 0 Å². The number of halogens is 1. The molecule has 0 aliphatic carbocycles. The second-order valence-electron chi connectivity index (χ2n) is 3.00. The fourth-order valence-corrected chi connectivity index (χ4v) is 1.57. The van der Waals surface area contributed by atoms with Crippen LogP contribution in [0.15, 0.2) is 18.5 Å². The minimum Gasteiger partial charge on any atom is -0.371 e. The third-order valence-electron chi connectivity index (χ3n) is 2.03. The smallest absolute Gasteiger partial charge is 0.0965 e. The second kappa shape index (κ2) is 4.05. The summed E-state index contributed by atoms with van der Waals surface area (Å²) >= 11 is 5.83. The van der Waals surface area contributed by atoms with Crippen LogP contribution in [0.1, 0.15) is 11.7 Å². The molecule has 3 nitrogen and oxygen atoms in total. The largest absolute Gasteiger partial charge is 0.371 e. The van der Waals surface area contributed by atoms with Gasteiger partial charge in [0.1, 0.15) is 0 Å². The zero-order valence-electron chi connectivity index (χ0n) is 7.16. The summed E-state index contributed by atoms with van der Waals surface area (Å²) in [5.41, 5.74) is 1.04. The SMILES string of the molecule is Clc1cncc(C2CNCCO2)c1. The van der Waals surface area contributed by atoms with Gasteiger partial charge in [-0.3, -0.25) is 4.98 Å². The molecule has 0 spiro atoms. The Morgan fingerprint density at radius 1 is 1.54 bits per heavy atom. The number of pyridine rings is 1. The first-order valence-electron chi connectivity index (χ1n) is 4.29. The number of hydrogen-bond donors (Lipinski definition) is 1. The number of hydrogen-bond acceptors (Lipinski definition) is 3. The summed E-state index contributed by atoms with van der Waals surface area (Å²) in [6, 6.07) is 1.90. The van der Waals surface area contributed by atoms with E-state index in [9.17, 15) is 0 Å². The Balaban J connectivity index is 2.14. The normalized spacial score (nSPS) is 23.0. The van der Waals surface area contributed by atoms with Crippen LogP contribution < -0.4 is 5.32 Å². The number of morpholine rings is 1. The van der Waals surface area contributed by atoms with E-state index in [1.54, 1.807) is 12.4 Å². The Bertz CT molecular complexity index is 287. The van der Waals surface area contributed by atoms with Crippen molar-refractivity contribution in [2.45, 2.75) is 6.10 Å². The van der Waals surface area contributed by atoms with Gasteiger partial charge in [0.2, 0.25) is 0 Å². The molecule has 0 saturated carbocycles. The fraction of sp³-hybridized carbons (Fsp3) is 0.444. The Labute approximate surface area is 82.1 Å². The molecule has 1 aromatic heterocycles. The van der Waals surface area contributed by atoms with Crippen LogP contribution in [0.25, 0.3) is 0 Å². The van der Waals surface area contributed by atoms with Crippen molar-refractivity contribution < 1.29 is 4.74 Å². The van der Waals surface area contributed by atoms with Crippen molar-refractivity contribution in [2.75, 3.05) is 19.7 Å². The maximum absolute atomic E-state index is 5.83. The van der Waals surface area contributed by atoms with Crippen molar-refractivity contribution in [3.63, 3.8) is 0 Å². The minimum absolute atomic E-state index is 0.0972. The molecule has 70 valence electrons. The van der Waals surface area contributed by atoms with Gasteiger partial charge in [0.05, 0.1) is 17.7 Å². The highest BCUT2D eigenvalue weighted by atomic mass is 35.5. The van der Waals surface area contributed by atoms with Crippen molar-refractivity contribution >= 4 is 11.6 Å². The molecule has 1 fully saturated rings. The van der Waals surface area contributed by atoms with Gasteiger partial charge in [-0.2, -0.15) is 0 Å². The van der Waals surface area contributed by atoms with Gasteiger partial charge in [-0.1, -0.05) is 11.6 Å². The van der Waals surface area contributed by atoms with Gasteiger partial charge >= 0.3 is 0 Å². The summed E-state index contributed by atoms with van der Waals surface area (Å²) in [6.45, 7) is 2.50. The van der Waals surface area contributed by atoms with Gasteiger partial charge in [0, 0.05) is 31.0 Å². The van der Waals surface area contributed by atoms with Crippen molar-refractivity contribution in [2.24, 2.45) is 0 Å². The van der Waals surface area contributed by atoms with E-state index >= 15 is 0 Å².